The summed E-state index contributed by atoms with van der Waals surface area (Å²) >= 11 is 5.89. The van der Waals surface area contributed by atoms with Crippen molar-refractivity contribution in [2.45, 2.75) is 19.9 Å². The zero-order valence-corrected chi connectivity index (χ0v) is 10.9. The predicted octanol–water partition coefficient (Wildman–Crippen LogP) is 1.80. The normalized spacial score (nSPS) is 10.8. The number of imidazole rings is 1. The lowest BCUT2D eigenvalue weighted by Gasteiger charge is -2.07. The van der Waals surface area contributed by atoms with Crippen LogP contribution in [0.25, 0.3) is 11.0 Å². The molecule has 0 aliphatic rings. The summed E-state index contributed by atoms with van der Waals surface area (Å²) in [5.74, 6) is 0.247. The van der Waals surface area contributed by atoms with Gasteiger partial charge in [-0.05, 0) is 24.6 Å². The number of carbonyl (C=O) groups is 1. The van der Waals surface area contributed by atoms with Gasteiger partial charge in [-0.25, -0.2) is 4.98 Å². The Hall–Kier alpha value is -1.75. The van der Waals surface area contributed by atoms with E-state index in [2.05, 4.69) is 10.3 Å². The Balaban J connectivity index is 2.27. The monoisotopic (exact) mass is 266 g/mol. The second-order valence-electron chi connectivity index (χ2n) is 4.04. The summed E-state index contributed by atoms with van der Waals surface area (Å²) in [6, 6.07) is 5.30. The molecule has 0 saturated carbocycles. The number of fused-ring (bicyclic) bond motifs is 1. The minimum absolute atomic E-state index is 0.0715. The van der Waals surface area contributed by atoms with Gasteiger partial charge < -0.3 is 15.6 Å². The van der Waals surface area contributed by atoms with Gasteiger partial charge in [0.25, 0.3) is 0 Å². The van der Waals surface area contributed by atoms with Crippen LogP contribution in [0.3, 0.4) is 0 Å². The molecule has 0 spiro atoms. The summed E-state index contributed by atoms with van der Waals surface area (Å²) in [6.45, 7) is 2.84. The Morgan fingerprint density at radius 3 is 3.06 bits per heavy atom. The van der Waals surface area contributed by atoms with Gasteiger partial charge in [-0.1, -0.05) is 18.5 Å². The number of hydrogen-bond acceptors (Lipinski definition) is 3. The van der Waals surface area contributed by atoms with E-state index in [-0.39, 0.29) is 12.5 Å². The van der Waals surface area contributed by atoms with Crippen molar-refractivity contribution in [2.24, 2.45) is 0 Å². The zero-order valence-electron chi connectivity index (χ0n) is 10.1. The van der Waals surface area contributed by atoms with Gasteiger partial charge in [-0.15, -0.1) is 0 Å². The van der Waals surface area contributed by atoms with Crippen molar-refractivity contribution in [3.63, 3.8) is 0 Å². The third-order valence-corrected chi connectivity index (χ3v) is 2.85. The van der Waals surface area contributed by atoms with E-state index in [0.29, 0.717) is 23.0 Å². The van der Waals surface area contributed by atoms with Crippen molar-refractivity contribution in [3.8, 4) is 0 Å². The van der Waals surface area contributed by atoms with E-state index in [1.807, 2.05) is 13.0 Å². The number of amides is 1. The fourth-order valence-corrected chi connectivity index (χ4v) is 1.92. The van der Waals surface area contributed by atoms with Crippen LogP contribution in [0.1, 0.15) is 13.3 Å². The van der Waals surface area contributed by atoms with E-state index in [4.69, 9.17) is 17.3 Å². The molecule has 0 bridgehead atoms. The van der Waals surface area contributed by atoms with E-state index in [1.165, 1.54) is 0 Å². The Morgan fingerprint density at radius 1 is 1.56 bits per heavy atom. The second-order valence-corrected chi connectivity index (χ2v) is 4.48. The van der Waals surface area contributed by atoms with Crippen LogP contribution in [0.2, 0.25) is 5.02 Å². The number of benzene rings is 1. The number of carbonyl (C=O) groups excluding carboxylic acids is 1. The van der Waals surface area contributed by atoms with Crippen LogP contribution in [-0.4, -0.2) is 22.0 Å². The highest BCUT2D eigenvalue weighted by Crippen LogP contribution is 2.21. The molecule has 2 rings (SSSR count). The van der Waals surface area contributed by atoms with E-state index in [0.717, 1.165) is 11.9 Å². The molecule has 1 amide bonds. The van der Waals surface area contributed by atoms with E-state index < -0.39 is 0 Å². The molecule has 5 nitrogen and oxygen atoms in total. The maximum absolute atomic E-state index is 11.7. The number of aromatic nitrogens is 2. The first-order valence-electron chi connectivity index (χ1n) is 5.79. The minimum atomic E-state index is -0.0715. The molecule has 0 aliphatic heterocycles. The predicted molar refractivity (Wildman–Crippen MR) is 72.5 cm³/mol. The number of nitrogens with one attached hydrogen (secondary N) is 1. The molecule has 0 unspecified atom stereocenters. The first kappa shape index (κ1) is 12.7. The number of nitrogens with zero attached hydrogens (tertiary/aromatic N) is 2. The molecule has 18 heavy (non-hydrogen) atoms. The number of halogens is 1. The second kappa shape index (κ2) is 5.27. The van der Waals surface area contributed by atoms with Crippen LogP contribution >= 0.6 is 11.6 Å². The average molecular weight is 267 g/mol. The van der Waals surface area contributed by atoms with Crippen molar-refractivity contribution in [3.05, 3.63) is 23.2 Å². The van der Waals surface area contributed by atoms with Crippen LogP contribution in [-0.2, 0) is 11.3 Å². The van der Waals surface area contributed by atoms with Crippen LogP contribution in [0, 0.1) is 0 Å². The van der Waals surface area contributed by atoms with Crippen molar-refractivity contribution >= 4 is 34.5 Å². The SMILES string of the molecule is CCCNC(=O)Cn1c(N)nc2cc(Cl)ccc21. The van der Waals surface area contributed by atoms with Crippen molar-refractivity contribution in [1.29, 1.82) is 0 Å². The third kappa shape index (κ3) is 2.56. The fourth-order valence-electron chi connectivity index (χ4n) is 1.75. The Kier molecular flexibility index (Phi) is 3.72. The highest BCUT2D eigenvalue weighted by Gasteiger charge is 2.11. The summed E-state index contributed by atoms with van der Waals surface area (Å²) in [5.41, 5.74) is 7.32. The summed E-state index contributed by atoms with van der Waals surface area (Å²) in [7, 11) is 0. The Bertz CT molecular complexity index is 579. The van der Waals surface area contributed by atoms with Crippen molar-refractivity contribution in [1.82, 2.24) is 14.9 Å². The summed E-state index contributed by atoms with van der Waals surface area (Å²) in [5, 5.41) is 3.40. The molecule has 2 aromatic rings. The highest BCUT2D eigenvalue weighted by atomic mass is 35.5. The van der Waals surface area contributed by atoms with Crippen LogP contribution in [0.5, 0.6) is 0 Å². The standard InChI is InChI=1S/C12H15ClN4O/c1-2-5-15-11(18)7-17-10-4-3-8(13)6-9(10)16-12(17)14/h3-4,6H,2,5,7H2,1H3,(H2,14,16)(H,15,18). The van der Waals surface area contributed by atoms with Gasteiger partial charge in [0.2, 0.25) is 11.9 Å². The van der Waals surface area contributed by atoms with Crippen LogP contribution in [0.4, 0.5) is 5.95 Å². The smallest absolute Gasteiger partial charge is 0.240 e. The molecule has 0 fully saturated rings. The van der Waals surface area contributed by atoms with E-state index in [9.17, 15) is 4.79 Å². The van der Waals surface area contributed by atoms with E-state index in [1.54, 1.807) is 16.7 Å². The quantitative estimate of drug-likeness (QED) is 0.886. The molecular formula is C12H15ClN4O. The molecule has 1 aromatic heterocycles. The lowest BCUT2D eigenvalue weighted by molar-refractivity contribution is -0.121. The number of rotatable bonds is 4. The van der Waals surface area contributed by atoms with Crippen molar-refractivity contribution < 1.29 is 4.79 Å². The highest BCUT2D eigenvalue weighted by molar-refractivity contribution is 6.31. The molecule has 6 heteroatoms. The topological polar surface area (TPSA) is 72.9 Å². The molecule has 3 N–H and O–H groups in total. The van der Waals surface area contributed by atoms with Crippen LogP contribution < -0.4 is 11.1 Å². The summed E-state index contributed by atoms with van der Waals surface area (Å²) in [6.07, 6.45) is 0.904. The summed E-state index contributed by atoms with van der Waals surface area (Å²) in [4.78, 5) is 15.9. The lowest BCUT2D eigenvalue weighted by Crippen LogP contribution is -2.28. The van der Waals surface area contributed by atoms with Crippen LogP contribution in [0.15, 0.2) is 18.2 Å². The Morgan fingerprint density at radius 2 is 2.33 bits per heavy atom. The van der Waals surface area contributed by atoms with Crippen molar-refractivity contribution in [2.75, 3.05) is 12.3 Å². The molecule has 1 aromatic carbocycles. The summed E-state index contributed by atoms with van der Waals surface area (Å²) < 4.78 is 1.68. The Labute approximate surface area is 110 Å². The maximum Gasteiger partial charge on any atom is 0.240 e. The number of hydrogen-bond donors (Lipinski definition) is 2. The van der Waals surface area contributed by atoms with Gasteiger partial charge in [0.15, 0.2) is 0 Å². The molecule has 0 aliphatic carbocycles. The lowest BCUT2D eigenvalue weighted by atomic mass is 10.3. The number of nitrogen functional groups attached to an aromatic ring is 1. The van der Waals surface area contributed by atoms with Gasteiger partial charge in [0, 0.05) is 11.6 Å². The first-order chi connectivity index (χ1) is 8.61. The molecule has 0 saturated heterocycles. The number of anilines is 1. The molecule has 0 atom stereocenters. The average Bonchev–Trinajstić information content (AvgIpc) is 2.62. The molecule has 1 heterocycles. The van der Waals surface area contributed by atoms with E-state index >= 15 is 0 Å². The first-order valence-corrected chi connectivity index (χ1v) is 6.17. The maximum atomic E-state index is 11.7. The van der Waals surface area contributed by atoms with Gasteiger partial charge in [0.1, 0.15) is 6.54 Å². The zero-order chi connectivity index (χ0) is 13.1. The van der Waals surface area contributed by atoms with Gasteiger partial charge in [0.05, 0.1) is 11.0 Å². The third-order valence-electron chi connectivity index (χ3n) is 2.61. The molecular weight excluding hydrogens is 252 g/mol. The minimum Gasteiger partial charge on any atom is -0.369 e. The molecule has 0 radical (unpaired) electrons. The molecule has 96 valence electrons. The van der Waals surface area contributed by atoms with Gasteiger partial charge in [-0.3, -0.25) is 4.79 Å². The largest absolute Gasteiger partial charge is 0.369 e. The number of nitrogens with two attached hydrogens (primary N) is 1. The fraction of sp³-hybridized carbons (Fsp3) is 0.333. The van der Waals surface area contributed by atoms with Gasteiger partial charge >= 0.3 is 0 Å². The van der Waals surface area contributed by atoms with Gasteiger partial charge in [-0.2, -0.15) is 0 Å².